The fraction of sp³-hybridized carbons (Fsp3) is 0.250. The van der Waals surface area contributed by atoms with Gasteiger partial charge in [-0.2, -0.15) is 0 Å². The molecule has 4 rings (SSSR count). The Bertz CT molecular complexity index is 1040. The van der Waals surface area contributed by atoms with Crippen molar-refractivity contribution in [3.05, 3.63) is 54.2 Å². The lowest BCUT2D eigenvalue weighted by Crippen LogP contribution is -2.33. The van der Waals surface area contributed by atoms with E-state index in [1.54, 1.807) is 24.3 Å². The largest absolute Gasteiger partial charge is 0.474 e. The Labute approximate surface area is 165 Å². The minimum atomic E-state index is -0.530. The second kappa shape index (κ2) is 8.38. The third-order valence-corrected chi connectivity index (χ3v) is 4.41. The van der Waals surface area contributed by atoms with Crippen LogP contribution >= 0.6 is 0 Å². The van der Waals surface area contributed by atoms with Crippen LogP contribution in [0.5, 0.6) is 5.88 Å². The number of rotatable bonds is 5. The van der Waals surface area contributed by atoms with E-state index in [-0.39, 0.29) is 35.4 Å². The third kappa shape index (κ3) is 4.25. The highest BCUT2D eigenvalue weighted by Gasteiger charge is 2.17. The summed E-state index contributed by atoms with van der Waals surface area (Å²) in [5.74, 6) is -0.733. The molecule has 1 fully saturated rings. The van der Waals surface area contributed by atoms with Gasteiger partial charge < -0.3 is 25.3 Å². The Morgan fingerprint density at radius 1 is 1.28 bits per heavy atom. The molecule has 3 aromatic rings. The zero-order valence-electron chi connectivity index (χ0n) is 15.4. The van der Waals surface area contributed by atoms with E-state index < -0.39 is 11.7 Å². The van der Waals surface area contributed by atoms with Crippen LogP contribution in [0, 0.1) is 5.82 Å². The molecule has 0 saturated carbocycles. The van der Waals surface area contributed by atoms with Gasteiger partial charge in [-0.3, -0.25) is 4.79 Å². The summed E-state index contributed by atoms with van der Waals surface area (Å²) in [6.45, 7) is 1.75. The molecular weight excluding hydrogens is 379 g/mol. The van der Waals surface area contributed by atoms with Crippen molar-refractivity contribution in [3.8, 4) is 5.88 Å². The fourth-order valence-corrected chi connectivity index (χ4v) is 2.98. The maximum absolute atomic E-state index is 14.4. The van der Waals surface area contributed by atoms with Gasteiger partial charge in [-0.1, -0.05) is 0 Å². The number of ether oxygens (including phenoxy) is 3. The average molecular weight is 398 g/mol. The van der Waals surface area contributed by atoms with Crippen molar-refractivity contribution in [2.75, 3.05) is 37.5 Å². The van der Waals surface area contributed by atoms with E-state index in [0.717, 1.165) is 6.20 Å². The Hall–Kier alpha value is -3.30. The summed E-state index contributed by atoms with van der Waals surface area (Å²) in [6, 6.07) is 8.00. The molecule has 150 valence electrons. The number of nitrogens with two attached hydrogens (primary N) is 1. The number of amides is 1. The maximum atomic E-state index is 14.4. The molecule has 0 spiro atoms. The van der Waals surface area contributed by atoms with Crippen molar-refractivity contribution >= 4 is 28.1 Å². The highest BCUT2D eigenvalue weighted by Crippen LogP contribution is 2.29. The molecule has 1 amide bonds. The first-order valence-corrected chi connectivity index (χ1v) is 9.04. The van der Waals surface area contributed by atoms with E-state index >= 15 is 0 Å². The number of pyridine rings is 2. The van der Waals surface area contributed by atoms with Crippen molar-refractivity contribution < 1.29 is 23.4 Å². The van der Waals surface area contributed by atoms with E-state index in [1.807, 2.05) is 0 Å². The van der Waals surface area contributed by atoms with Gasteiger partial charge in [0.15, 0.2) is 5.69 Å². The first-order valence-electron chi connectivity index (χ1n) is 9.04. The Morgan fingerprint density at radius 3 is 2.97 bits per heavy atom. The minimum absolute atomic E-state index is 0.0986. The third-order valence-electron chi connectivity index (χ3n) is 4.41. The highest BCUT2D eigenvalue weighted by atomic mass is 19.1. The SMILES string of the molecule is Nc1cccnc1C(=O)Nc1ccc2c(OCC3COCCO3)ncc(F)c2c1. The van der Waals surface area contributed by atoms with Crippen LogP contribution in [0.4, 0.5) is 15.8 Å². The van der Waals surface area contributed by atoms with Crippen LogP contribution in [0.15, 0.2) is 42.7 Å². The molecule has 0 bridgehead atoms. The monoisotopic (exact) mass is 398 g/mol. The zero-order chi connectivity index (χ0) is 20.2. The van der Waals surface area contributed by atoms with Gasteiger partial charge >= 0.3 is 0 Å². The van der Waals surface area contributed by atoms with E-state index in [2.05, 4.69) is 15.3 Å². The molecule has 1 atom stereocenters. The molecule has 1 unspecified atom stereocenters. The Balaban J connectivity index is 1.55. The molecule has 3 N–H and O–H groups in total. The number of benzene rings is 1. The van der Waals surface area contributed by atoms with Crippen LogP contribution in [-0.4, -0.2) is 48.4 Å². The number of anilines is 2. The van der Waals surface area contributed by atoms with Gasteiger partial charge in [0.1, 0.15) is 18.5 Å². The number of aromatic nitrogens is 2. The van der Waals surface area contributed by atoms with Gasteiger partial charge in [0, 0.05) is 22.7 Å². The number of fused-ring (bicyclic) bond motifs is 1. The number of carbonyl (C=O) groups excluding carboxylic acids is 1. The van der Waals surface area contributed by atoms with Crippen LogP contribution in [-0.2, 0) is 9.47 Å². The van der Waals surface area contributed by atoms with Crippen molar-refractivity contribution in [1.82, 2.24) is 9.97 Å². The van der Waals surface area contributed by atoms with Crippen molar-refractivity contribution in [2.45, 2.75) is 6.10 Å². The van der Waals surface area contributed by atoms with E-state index in [4.69, 9.17) is 19.9 Å². The first-order chi connectivity index (χ1) is 14.1. The number of carbonyl (C=O) groups is 1. The number of nitrogens with one attached hydrogen (secondary N) is 1. The van der Waals surface area contributed by atoms with Gasteiger partial charge in [0.2, 0.25) is 5.88 Å². The topological polar surface area (TPSA) is 109 Å². The summed E-state index contributed by atoms with van der Waals surface area (Å²) in [7, 11) is 0. The summed E-state index contributed by atoms with van der Waals surface area (Å²) in [5, 5.41) is 3.43. The zero-order valence-corrected chi connectivity index (χ0v) is 15.4. The first kappa shape index (κ1) is 19.0. The van der Waals surface area contributed by atoms with Gasteiger partial charge in [-0.25, -0.2) is 14.4 Å². The highest BCUT2D eigenvalue weighted by molar-refractivity contribution is 6.07. The molecule has 1 aromatic carbocycles. The molecule has 1 aliphatic rings. The number of halogens is 1. The van der Waals surface area contributed by atoms with Crippen LogP contribution in [0.25, 0.3) is 10.8 Å². The van der Waals surface area contributed by atoms with Gasteiger partial charge in [0.25, 0.3) is 5.91 Å². The smallest absolute Gasteiger partial charge is 0.276 e. The number of nitrogen functional groups attached to an aromatic ring is 1. The van der Waals surface area contributed by atoms with Crippen LogP contribution in [0.2, 0.25) is 0 Å². The molecule has 3 heterocycles. The molecular formula is C20H19FN4O4. The fourth-order valence-electron chi connectivity index (χ4n) is 2.98. The molecule has 8 nitrogen and oxygen atoms in total. The normalized spacial score (nSPS) is 16.5. The summed E-state index contributed by atoms with van der Waals surface area (Å²) in [4.78, 5) is 20.4. The second-order valence-electron chi connectivity index (χ2n) is 6.45. The van der Waals surface area contributed by atoms with Gasteiger partial charge in [0.05, 0.1) is 31.7 Å². The maximum Gasteiger partial charge on any atom is 0.276 e. The van der Waals surface area contributed by atoms with Crippen LogP contribution in [0.3, 0.4) is 0 Å². The Kier molecular flexibility index (Phi) is 5.50. The molecule has 1 saturated heterocycles. The summed E-state index contributed by atoms with van der Waals surface area (Å²) < 4.78 is 31.0. The molecule has 0 aliphatic carbocycles. The molecule has 2 aromatic heterocycles. The predicted octanol–water partition coefficient (Wildman–Crippen LogP) is 2.40. The van der Waals surface area contributed by atoms with E-state index in [1.165, 1.54) is 12.3 Å². The average Bonchev–Trinajstić information content (AvgIpc) is 2.74. The quantitative estimate of drug-likeness (QED) is 0.679. The van der Waals surface area contributed by atoms with Crippen LogP contribution < -0.4 is 15.8 Å². The molecule has 29 heavy (non-hydrogen) atoms. The summed E-state index contributed by atoms with van der Waals surface area (Å²) in [5.41, 5.74) is 6.53. The molecule has 9 heteroatoms. The van der Waals surface area contributed by atoms with Crippen molar-refractivity contribution in [2.24, 2.45) is 0 Å². The number of nitrogens with zero attached hydrogens (tertiary/aromatic N) is 2. The second-order valence-corrected chi connectivity index (χ2v) is 6.45. The molecule has 0 radical (unpaired) electrons. The predicted molar refractivity (Wildman–Crippen MR) is 104 cm³/mol. The van der Waals surface area contributed by atoms with Gasteiger partial charge in [-0.15, -0.1) is 0 Å². The Morgan fingerprint density at radius 2 is 2.17 bits per heavy atom. The summed E-state index contributed by atoms with van der Waals surface area (Å²) >= 11 is 0. The van der Waals surface area contributed by atoms with Gasteiger partial charge in [-0.05, 0) is 30.3 Å². The summed E-state index contributed by atoms with van der Waals surface area (Å²) in [6.07, 6.45) is 2.35. The van der Waals surface area contributed by atoms with E-state index in [9.17, 15) is 9.18 Å². The lowest BCUT2D eigenvalue weighted by molar-refractivity contribution is -0.101. The number of hydrogen-bond donors (Lipinski definition) is 2. The molecule has 1 aliphatic heterocycles. The van der Waals surface area contributed by atoms with Crippen molar-refractivity contribution in [3.63, 3.8) is 0 Å². The standard InChI is InChI=1S/C20H19FN4O4/c21-16-9-24-20(29-11-13-10-27-6-7-28-13)14-4-3-12(8-15(14)16)25-19(26)18-17(22)2-1-5-23-18/h1-5,8-9,13H,6-7,10-11,22H2,(H,25,26). The van der Waals surface area contributed by atoms with Crippen molar-refractivity contribution in [1.29, 1.82) is 0 Å². The lowest BCUT2D eigenvalue weighted by atomic mass is 10.1. The number of hydrogen-bond acceptors (Lipinski definition) is 7. The minimum Gasteiger partial charge on any atom is -0.474 e. The van der Waals surface area contributed by atoms with Crippen LogP contribution in [0.1, 0.15) is 10.5 Å². The lowest BCUT2D eigenvalue weighted by Gasteiger charge is -2.23. The van der Waals surface area contributed by atoms with E-state index in [0.29, 0.717) is 30.9 Å².